The molecule has 2 N–H and O–H groups in total. The Labute approximate surface area is 148 Å². The Morgan fingerprint density at radius 3 is 2.52 bits per heavy atom. The number of carbonyl (C=O) groups excluding carboxylic acids is 1. The number of pyridine rings is 1. The number of benzene rings is 1. The number of nitrogens with zero attached hydrogens (tertiary/aromatic N) is 3. The topological polar surface area (TPSA) is 60.5 Å². The van der Waals surface area contributed by atoms with Crippen molar-refractivity contribution in [3.05, 3.63) is 48.7 Å². The van der Waals surface area contributed by atoms with Gasteiger partial charge in [-0.2, -0.15) is 0 Å². The molecule has 0 aliphatic carbocycles. The standard InChI is InChI=1S/C19H25N5O/c1-23(2)17-8-4-3-7-16(17)22-19(25)21-15-10-13-24(14-11-15)18-9-5-6-12-20-18/h3-9,12,15H,10-11,13-14H2,1-2H3,(H2,21,22,25). The predicted molar refractivity (Wildman–Crippen MR) is 102 cm³/mol. The summed E-state index contributed by atoms with van der Waals surface area (Å²) in [5.74, 6) is 1.00. The molecular formula is C19H25N5O. The number of rotatable bonds is 4. The lowest BCUT2D eigenvalue weighted by atomic mass is 10.1. The molecule has 1 aromatic heterocycles. The normalized spacial score (nSPS) is 14.9. The molecule has 1 aliphatic heterocycles. The molecule has 2 amide bonds. The third-order valence-electron chi connectivity index (χ3n) is 4.44. The van der Waals surface area contributed by atoms with Crippen molar-refractivity contribution in [2.75, 3.05) is 42.3 Å². The summed E-state index contributed by atoms with van der Waals surface area (Å²) in [5.41, 5.74) is 1.80. The summed E-state index contributed by atoms with van der Waals surface area (Å²) in [6.45, 7) is 1.80. The minimum Gasteiger partial charge on any atom is -0.376 e. The third-order valence-corrected chi connectivity index (χ3v) is 4.44. The van der Waals surface area contributed by atoms with Gasteiger partial charge in [0.1, 0.15) is 5.82 Å². The number of aromatic nitrogens is 1. The number of anilines is 3. The quantitative estimate of drug-likeness (QED) is 0.899. The molecular weight excluding hydrogens is 314 g/mol. The van der Waals surface area contributed by atoms with Crippen molar-refractivity contribution in [3.8, 4) is 0 Å². The van der Waals surface area contributed by atoms with Crippen molar-refractivity contribution in [1.29, 1.82) is 0 Å². The summed E-state index contributed by atoms with van der Waals surface area (Å²) in [5, 5.41) is 6.05. The van der Waals surface area contributed by atoms with Gasteiger partial charge < -0.3 is 20.4 Å². The van der Waals surface area contributed by atoms with Crippen LogP contribution < -0.4 is 20.4 Å². The first-order chi connectivity index (χ1) is 12.1. The lowest BCUT2D eigenvalue weighted by Gasteiger charge is -2.33. The van der Waals surface area contributed by atoms with Crippen LogP contribution in [0, 0.1) is 0 Å². The van der Waals surface area contributed by atoms with Gasteiger partial charge >= 0.3 is 6.03 Å². The van der Waals surface area contributed by atoms with Crippen molar-refractivity contribution in [3.63, 3.8) is 0 Å². The number of nitrogens with one attached hydrogen (secondary N) is 2. The molecule has 3 rings (SSSR count). The van der Waals surface area contributed by atoms with Gasteiger partial charge in [0, 0.05) is 39.4 Å². The van der Waals surface area contributed by atoms with Crippen molar-refractivity contribution in [2.24, 2.45) is 0 Å². The van der Waals surface area contributed by atoms with E-state index in [4.69, 9.17) is 0 Å². The van der Waals surface area contributed by atoms with Gasteiger partial charge in [-0.05, 0) is 37.1 Å². The minimum atomic E-state index is -0.148. The molecule has 0 saturated carbocycles. The predicted octanol–water partition coefficient (Wildman–Crippen LogP) is 2.94. The molecule has 2 aromatic rings. The first-order valence-corrected chi connectivity index (χ1v) is 8.63. The van der Waals surface area contributed by atoms with Crippen LogP contribution >= 0.6 is 0 Å². The van der Waals surface area contributed by atoms with Crippen molar-refractivity contribution in [2.45, 2.75) is 18.9 Å². The molecule has 0 bridgehead atoms. The first-order valence-electron chi connectivity index (χ1n) is 8.63. The Hall–Kier alpha value is -2.76. The summed E-state index contributed by atoms with van der Waals surface area (Å²) < 4.78 is 0. The number of hydrogen-bond donors (Lipinski definition) is 2. The zero-order valence-electron chi connectivity index (χ0n) is 14.8. The molecule has 0 spiro atoms. The van der Waals surface area contributed by atoms with Crippen LogP contribution in [0.25, 0.3) is 0 Å². The maximum atomic E-state index is 12.3. The van der Waals surface area contributed by atoms with E-state index in [0.717, 1.165) is 43.1 Å². The van der Waals surface area contributed by atoms with Gasteiger partial charge in [0.05, 0.1) is 11.4 Å². The van der Waals surface area contributed by atoms with E-state index < -0.39 is 0 Å². The molecule has 6 heteroatoms. The Balaban J connectivity index is 1.52. The second kappa shape index (κ2) is 7.88. The lowest BCUT2D eigenvalue weighted by molar-refractivity contribution is 0.246. The number of piperidine rings is 1. The fourth-order valence-electron chi connectivity index (χ4n) is 3.11. The summed E-state index contributed by atoms with van der Waals surface area (Å²) in [4.78, 5) is 21.0. The molecule has 0 radical (unpaired) electrons. The van der Waals surface area contributed by atoms with Crippen LogP contribution in [-0.4, -0.2) is 44.2 Å². The SMILES string of the molecule is CN(C)c1ccccc1NC(=O)NC1CCN(c2ccccn2)CC1. The fraction of sp³-hybridized carbons (Fsp3) is 0.368. The maximum Gasteiger partial charge on any atom is 0.319 e. The Kier molecular flexibility index (Phi) is 5.38. The van der Waals surface area contributed by atoms with Crippen molar-refractivity contribution >= 4 is 23.2 Å². The van der Waals surface area contributed by atoms with Crippen LogP contribution in [0.4, 0.5) is 22.0 Å². The van der Waals surface area contributed by atoms with Gasteiger partial charge in [-0.3, -0.25) is 0 Å². The minimum absolute atomic E-state index is 0.148. The number of hydrogen-bond acceptors (Lipinski definition) is 4. The van der Waals surface area contributed by atoms with E-state index in [9.17, 15) is 4.79 Å². The van der Waals surface area contributed by atoms with Gasteiger partial charge in [-0.15, -0.1) is 0 Å². The van der Waals surface area contributed by atoms with Gasteiger partial charge in [0.25, 0.3) is 0 Å². The second-order valence-corrected chi connectivity index (χ2v) is 6.46. The Morgan fingerprint density at radius 2 is 1.84 bits per heavy atom. The molecule has 0 atom stereocenters. The van der Waals surface area contributed by atoms with Crippen LogP contribution in [0.2, 0.25) is 0 Å². The highest BCUT2D eigenvalue weighted by Gasteiger charge is 2.21. The summed E-state index contributed by atoms with van der Waals surface area (Å²) in [7, 11) is 3.93. The van der Waals surface area contributed by atoms with E-state index in [-0.39, 0.29) is 12.1 Å². The van der Waals surface area contributed by atoms with Gasteiger partial charge in [0.2, 0.25) is 0 Å². The third kappa shape index (κ3) is 4.41. The molecule has 1 aliphatic rings. The van der Waals surface area contributed by atoms with Crippen LogP contribution in [0.3, 0.4) is 0 Å². The van der Waals surface area contributed by atoms with E-state index in [0.29, 0.717) is 0 Å². The van der Waals surface area contributed by atoms with Gasteiger partial charge in [-0.25, -0.2) is 9.78 Å². The van der Waals surface area contributed by atoms with Crippen LogP contribution in [0.1, 0.15) is 12.8 Å². The molecule has 1 saturated heterocycles. The Bertz CT molecular complexity index is 696. The summed E-state index contributed by atoms with van der Waals surface area (Å²) in [6.07, 6.45) is 3.65. The molecule has 0 unspecified atom stereocenters. The van der Waals surface area contributed by atoms with Crippen LogP contribution in [0.15, 0.2) is 48.7 Å². The monoisotopic (exact) mass is 339 g/mol. The van der Waals surface area contributed by atoms with E-state index in [1.165, 1.54) is 0 Å². The molecule has 25 heavy (non-hydrogen) atoms. The average Bonchev–Trinajstić information content (AvgIpc) is 2.63. The van der Waals surface area contributed by atoms with Crippen molar-refractivity contribution in [1.82, 2.24) is 10.3 Å². The second-order valence-electron chi connectivity index (χ2n) is 6.46. The maximum absolute atomic E-state index is 12.3. The zero-order valence-corrected chi connectivity index (χ0v) is 14.8. The van der Waals surface area contributed by atoms with Gasteiger partial charge in [0.15, 0.2) is 0 Å². The van der Waals surface area contributed by atoms with E-state index >= 15 is 0 Å². The van der Waals surface area contributed by atoms with E-state index in [2.05, 4.69) is 20.5 Å². The summed E-state index contributed by atoms with van der Waals surface area (Å²) >= 11 is 0. The van der Waals surface area contributed by atoms with E-state index in [1.54, 1.807) is 0 Å². The smallest absolute Gasteiger partial charge is 0.319 e. The van der Waals surface area contributed by atoms with Crippen molar-refractivity contribution < 1.29 is 4.79 Å². The first kappa shape index (κ1) is 17.1. The zero-order chi connectivity index (χ0) is 17.6. The van der Waals surface area contributed by atoms with E-state index in [1.807, 2.05) is 67.7 Å². The summed E-state index contributed by atoms with van der Waals surface area (Å²) in [6, 6.07) is 13.8. The lowest BCUT2D eigenvalue weighted by Crippen LogP contribution is -2.46. The molecule has 1 aromatic carbocycles. The largest absolute Gasteiger partial charge is 0.376 e. The molecule has 132 valence electrons. The molecule has 6 nitrogen and oxygen atoms in total. The number of para-hydroxylation sites is 2. The molecule has 1 fully saturated rings. The van der Waals surface area contributed by atoms with Crippen LogP contribution in [0.5, 0.6) is 0 Å². The number of amides is 2. The van der Waals surface area contributed by atoms with Gasteiger partial charge in [-0.1, -0.05) is 18.2 Å². The fourth-order valence-corrected chi connectivity index (χ4v) is 3.11. The number of urea groups is 1. The Morgan fingerprint density at radius 1 is 1.12 bits per heavy atom. The highest BCUT2D eigenvalue weighted by atomic mass is 16.2. The molecule has 2 heterocycles. The highest BCUT2D eigenvalue weighted by Crippen LogP contribution is 2.23. The average molecular weight is 339 g/mol. The number of carbonyl (C=O) groups is 1. The highest BCUT2D eigenvalue weighted by molar-refractivity contribution is 5.93. The van der Waals surface area contributed by atoms with Crippen LogP contribution in [-0.2, 0) is 0 Å².